The minimum atomic E-state index is -4.89. The minimum Gasteiger partial charge on any atom is -0.466 e. The van der Waals surface area contributed by atoms with Crippen LogP contribution in [0.15, 0.2) is 6.07 Å². The molecule has 112 valence electrons. The van der Waals surface area contributed by atoms with Crippen LogP contribution >= 0.6 is 0 Å². The number of nitrogens with zero attached hydrogens (tertiary/aromatic N) is 1. The molecule has 0 aliphatic rings. The molecule has 9 heteroatoms. The van der Waals surface area contributed by atoms with Crippen LogP contribution in [-0.4, -0.2) is 23.9 Å². The first-order valence-corrected chi connectivity index (χ1v) is 5.66. The van der Waals surface area contributed by atoms with Crippen LogP contribution in [0.3, 0.4) is 0 Å². The van der Waals surface area contributed by atoms with Gasteiger partial charge in [0, 0.05) is 12.6 Å². The van der Waals surface area contributed by atoms with Crippen molar-refractivity contribution in [1.82, 2.24) is 4.98 Å². The van der Waals surface area contributed by atoms with Gasteiger partial charge in [0.15, 0.2) is 0 Å². The van der Waals surface area contributed by atoms with Gasteiger partial charge in [-0.2, -0.15) is 0 Å². The van der Waals surface area contributed by atoms with Crippen LogP contribution in [-0.2, 0) is 22.5 Å². The molecule has 0 bridgehead atoms. The largest absolute Gasteiger partial charge is 0.574 e. The molecule has 0 unspecified atom stereocenters. The van der Waals surface area contributed by atoms with E-state index in [0.29, 0.717) is 0 Å². The number of ether oxygens (including phenoxy) is 2. The molecule has 0 radical (unpaired) electrons. The number of nitrogen functional groups attached to an aromatic ring is 1. The van der Waals surface area contributed by atoms with Crippen LogP contribution in [0, 0.1) is 0 Å². The van der Waals surface area contributed by atoms with E-state index in [2.05, 4.69) is 14.5 Å². The highest BCUT2D eigenvalue weighted by Crippen LogP contribution is 2.26. The van der Waals surface area contributed by atoms with Gasteiger partial charge in [0.25, 0.3) is 0 Å². The van der Waals surface area contributed by atoms with E-state index in [-0.39, 0.29) is 36.5 Å². The van der Waals surface area contributed by atoms with Crippen molar-refractivity contribution in [2.45, 2.75) is 26.3 Å². The summed E-state index contributed by atoms with van der Waals surface area (Å²) in [6.45, 7) is 1.63. The standard InChI is InChI=1S/C11H14F3N3O3/c1-2-19-9(18)4-7-10(16)6(5-15)3-8(17-7)20-11(12,13)14/h3H,2,4-5,15-16H2,1H3. The zero-order valence-electron chi connectivity index (χ0n) is 10.7. The second kappa shape index (κ2) is 6.42. The molecule has 0 saturated carbocycles. The molecule has 0 aliphatic carbocycles. The smallest absolute Gasteiger partial charge is 0.466 e. The molecule has 1 rings (SSSR count). The molecule has 0 saturated heterocycles. The third-order valence-corrected chi connectivity index (χ3v) is 2.26. The molecule has 0 aliphatic heterocycles. The molecule has 0 fully saturated rings. The lowest BCUT2D eigenvalue weighted by Gasteiger charge is -2.13. The Labute approximate surface area is 112 Å². The molecule has 6 nitrogen and oxygen atoms in total. The molecular formula is C11H14F3N3O3. The van der Waals surface area contributed by atoms with E-state index in [1.165, 1.54) is 0 Å². The summed E-state index contributed by atoms with van der Waals surface area (Å²) in [5.74, 6) is -1.37. The third-order valence-electron chi connectivity index (χ3n) is 2.26. The van der Waals surface area contributed by atoms with E-state index < -0.39 is 18.2 Å². The number of hydrogen-bond acceptors (Lipinski definition) is 6. The summed E-state index contributed by atoms with van der Waals surface area (Å²) >= 11 is 0. The van der Waals surface area contributed by atoms with E-state index in [1.54, 1.807) is 6.92 Å². The average Bonchev–Trinajstić information content (AvgIpc) is 2.31. The van der Waals surface area contributed by atoms with Crippen molar-refractivity contribution in [3.63, 3.8) is 0 Å². The fraction of sp³-hybridized carbons (Fsp3) is 0.455. The van der Waals surface area contributed by atoms with Crippen LogP contribution < -0.4 is 16.2 Å². The summed E-state index contributed by atoms with van der Waals surface area (Å²) < 4.78 is 44.9. The van der Waals surface area contributed by atoms with Crippen LogP contribution in [0.2, 0.25) is 0 Å². The van der Waals surface area contributed by atoms with Crippen molar-refractivity contribution >= 4 is 11.7 Å². The van der Waals surface area contributed by atoms with E-state index in [1.807, 2.05) is 0 Å². The maximum absolute atomic E-state index is 12.2. The number of pyridine rings is 1. The molecule has 1 aromatic rings. The van der Waals surface area contributed by atoms with Crippen LogP contribution in [0.5, 0.6) is 5.88 Å². The van der Waals surface area contributed by atoms with E-state index in [4.69, 9.17) is 11.5 Å². The molecule has 0 amide bonds. The van der Waals surface area contributed by atoms with Gasteiger partial charge in [0.1, 0.15) is 0 Å². The number of halogens is 3. The number of anilines is 1. The Balaban J connectivity index is 3.08. The van der Waals surface area contributed by atoms with Crippen molar-refractivity contribution in [3.8, 4) is 5.88 Å². The summed E-state index contributed by atoms with van der Waals surface area (Å²) in [6, 6.07) is 0.984. The predicted octanol–water partition coefficient (Wildman–Crippen LogP) is 1.13. The lowest BCUT2D eigenvalue weighted by Crippen LogP contribution is -2.20. The monoisotopic (exact) mass is 293 g/mol. The van der Waals surface area contributed by atoms with Crippen molar-refractivity contribution < 1.29 is 27.4 Å². The van der Waals surface area contributed by atoms with E-state index >= 15 is 0 Å². The maximum Gasteiger partial charge on any atom is 0.574 e. The SMILES string of the molecule is CCOC(=O)Cc1nc(OC(F)(F)F)cc(CN)c1N. The number of hydrogen-bond donors (Lipinski definition) is 2. The highest BCUT2D eigenvalue weighted by Gasteiger charge is 2.32. The summed E-state index contributed by atoms with van der Waals surface area (Å²) in [4.78, 5) is 14.9. The number of aromatic nitrogens is 1. The Morgan fingerprint density at radius 2 is 2.10 bits per heavy atom. The van der Waals surface area contributed by atoms with Crippen LogP contribution in [0.25, 0.3) is 0 Å². The quantitative estimate of drug-likeness (QED) is 0.789. The Morgan fingerprint density at radius 1 is 1.45 bits per heavy atom. The molecular weight excluding hydrogens is 279 g/mol. The highest BCUT2D eigenvalue weighted by molar-refractivity contribution is 5.74. The van der Waals surface area contributed by atoms with Crippen molar-refractivity contribution in [2.24, 2.45) is 5.73 Å². The van der Waals surface area contributed by atoms with Crippen molar-refractivity contribution in [2.75, 3.05) is 12.3 Å². The van der Waals surface area contributed by atoms with Crippen molar-refractivity contribution in [3.05, 3.63) is 17.3 Å². The van der Waals surface area contributed by atoms with Gasteiger partial charge in [-0.3, -0.25) is 4.79 Å². The van der Waals surface area contributed by atoms with Gasteiger partial charge in [-0.15, -0.1) is 13.2 Å². The summed E-state index contributed by atoms with van der Waals surface area (Å²) in [7, 11) is 0. The van der Waals surface area contributed by atoms with Gasteiger partial charge in [-0.05, 0) is 12.5 Å². The first kappa shape index (κ1) is 16.0. The van der Waals surface area contributed by atoms with Crippen LogP contribution in [0.1, 0.15) is 18.2 Å². The summed E-state index contributed by atoms with van der Waals surface area (Å²) in [5, 5.41) is 0. The molecule has 4 N–H and O–H groups in total. The Morgan fingerprint density at radius 3 is 2.60 bits per heavy atom. The molecule has 1 heterocycles. The second-order valence-electron chi connectivity index (χ2n) is 3.71. The number of esters is 1. The second-order valence-corrected chi connectivity index (χ2v) is 3.71. The van der Waals surface area contributed by atoms with Gasteiger partial charge in [-0.25, -0.2) is 4.98 Å². The fourth-order valence-electron chi connectivity index (χ4n) is 1.46. The molecule has 0 spiro atoms. The van der Waals surface area contributed by atoms with Gasteiger partial charge < -0.3 is 20.9 Å². The van der Waals surface area contributed by atoms with Crippen molar-refractivity contribution in [1.29, 1.82) is 0 Å². The first-order valence-electron chi connectivity index (χ1n) is 5.66. The highest BCUT2D eigenvalue weighted by atomic mass is 19.4. The lowest BCUT2D eigenvalue weighted by molar-refractivity contribution is -0.276. The Bertz CT molecular complexity index is 492. The number of carbonyl (C=O) groups is 1. The summed E-state index contributed by atoms with van der Waals surface area (Å²) in [6.07, 6.45) is -5.25. The normalized spacial score (nSPS) is 11.2. The zero-order valence-corrected chi connectivity index (χ0v) is 10.7. The minimum absolute atomic E-state index is 0.0510. The third kappa shape index (κ3) is 4.57. The van der Waals surface area contributed by atoms with Crippen LogP contribution in [0.4, 0.5) is 18.9 Å². The summed E-state index contributed by atoms with van der Waals surface area (Å²) in [5.41, 5.74) is 11.3. The predicted molar refractivity (Wildman–Crippen MR) is 63.6 cm³/mol. The topological polar surface area (TPSA) is 100 Å². The first-order chi connectivity index (χ1) is 9.26. The number of nitrogens with two attached hydrogens (primary N) is 2. The molecule has 0 atom stereocenters. The lowest BCUT2D eigenvalue weighted by atomic mass is 10.1. The zero-order chi connectivity index (χ0) is 15.3. The molecule has 0 aromatic carbocycles. The van der Waals surface area contributed by atoms with E-state index in [0.717, 1.165) is 6.07 Å². The van der Waals surface area contributed by atoms with Gasteiger partial charge in [0.2, 0.25) is 5.88 Å². The Hall–Kier alpha value is -2.03. The molecule has 1 aromatic heterocycles. The number of carbonyl (C=O) groups excluding carboxylic acids is 1. The fourth-order valence-corrected chi connectivity index (χ4v) is 1.46. The molecule has 20 heavy (non-hydrogen) atoms. The van der Waals surface area contributed by atoms with E-state index in [9.17, 15) is 18.0 Å². The van der Waals surface area contributed by atoms with Gasteiger partial charge >= 0.3 is 12.3 Å². The maximum atomic E-state index is 12.2. The average molecular weight is 293 g/mol. The van der Waals surface area contributed by atoms with Gasteiger partial charge in [0.05, 0.1) is 24.4 Å². The number of alkyl halides is 3. The number of rotatable bonds is 5. The Kier molecular flexibility index (Phi) is 5.14. The van der Waals surface area contributed by atoms with Gasteiger partial charge in [-0.1, -0.05) is 0 Å².